The number of para-hydroxylation sites is 1. The van der Waals surface area contributed by atoms with Crippen LogP contribution in [0, 0.1) is 6.92 Å². The van der Waals surface area contributed by atoms with Crippen LogP contribution in [0.1, 0.15) is 27.3 Å². The van der Waals surface area contributed by atoms with E-state index in [0.29, 0.717) is 18.8 Å². The van der Waals surface area contributed by atoms with Gasteiger partial charge in [0.2, 0.25) is 0 Å². The van der Waals surface area contributed by atoms with Gasteiger partial charge in [-0.05, 0) is 30.7 Å². The standard InChI is InChI=1S/C18H18N4O/c1-13-7-9-19-17(13)18(23)21-10-8-16-14(12-21)11-20-22(16)15-5-3-2-4-6-15/h2-7,9,11,19H,8,10,12H2,1H3. The SMILES string of the molecule is Cc1cc[nH]c1C(=O)N1CCc2c(cnn2-c2ccccc2)C1. The number of H-pyrrole nitrogens is 1. The number of aromatic nitrogens is 3. The highest BCUT2D eigenvalue weighted by molar-refractivity contribution is 5.94. The van der Waals surface area contributed by atoms with Gasteiger partial charge in [-0.15, -0.1) is 0 Å². The summed E-state index contributed by atoms with van der Waals surface area (Å²) < 4.78 is 1.98. The molecule has 1 aliphatic rings. The van der Waals surface area contributed by atoms with Gasteiger partial charge in [-0.1, -0.05) is 18.2 Å². The summed E-state index contributed by atoms with van der Waals surface area (Å²) in [6.07, 6.45) is 4.50. The Balaban J connectivity index is 1.61. The maximum Gasteiger partial charge on any atom is 0.270 e. The number of aromatic amines is 1. The highest BCUT2D eigenvalue weighted by Crippen LogP contribution is 2.23. The molecule has 116 valence electrons. The topological polar surface area (TPSA) is 53.9 Å². The first-order valence-electron chi connectivity index (χ1n) is 7.78. The first-order chi connectivity index (χ1) is 11.2. The molecule has 0 saturated carbocycles. The monoisotopic (exact) mass is 306 g/mol. The maximum atomic E-state index is 12.6. The van der Waals surface area contributed by atoms with Crippen molar-refractivity contribution >= 4 is 5.91 Å². The zero-order valence-electron chi connectivity index (χ0n) is 13.0. The largest absolute Gasteiger partial charge is 0.357 e. The minimum atomic E-state index is 0.0608. The smallest absolute Gasteiger partial charge is 0.270 e. The van der Waals surface area contributed by atoms with Crippen molar-refractivity contribution in [3.63, 3.8) is 0 Å². The van der Waals surface area contributed by atoms with E-state index in [9.17, 15) is 4.79 Å². The summed E-state index contributed by atoms with van der Waals surface area (Å²) in [6.45, 7) is 3.27. The third-order valence-electron chi connectivity index (χ3n) is 4.39. The summed E-state index contributed by atoms with van der Waals surface area (Å²) in [4.78, 5) is 17.6. The van der Waals surface area contributed by atoms with E-state index in [1.165, 1.54) is 5.69 Å². The van der Waals surface area contributed by atoms with Crippen LogP contribution in [0.2, 0.25) is 0 Å². The number of hydrogen-bond donors (Lipinski definition) is 1. The predicted octanol–water partition coefficient (Wildman–Crippen LogP) is 2.71. The van der Waals surface area contributed by atoms with Gasteiger partial charge < -0.3 is 9.88 Å². The molecule has 4 rings (SSSR count). The molecule has 0 fully saturated rings. The number of nitrogens with zero attached hydrogens (tertiary/aromatic N) is 3. The van der Waals surface area contributed by atoms with E-state index < -0.39 is 0 Å². The zero-order valence-corrected chi connectivity index (χ0v) is 13.0. The molecule has 0 atom stereocenters. The fraction of sp³-hybridized carbons (Fsp3) is 0.222. The molecule has 1 amide bonds. The molecule has 5 heteroatoms. The molecule has 0 radical (unpaired) electrons. The second-order valence-corrected chi connectivity index (χ2v) is 5.88. The van der Waals surface area contributed by atoms with Crippen molar-refractivity contribution in [2.75, 3.05) is 6.54 Å². The Bertz CT molecular complexity index is 847. The van der Waals surface area contributed by atoms with Crippen molar-refractivity contribution in [3.05, 3.63) is 71.3 Å². The number of carbonyl (C=O) groups excluding carboxylic acids is 1. The second kappa shape index (κ2) is 5.43. The van der Waals surface area contributed by atoms with E-state index in [2.05, 4.69) is 10.1 Å². The Morgan fingerprint density at radius 2 is 2.04 bits per heavy atom. The molecule has 2 aromatic heterocycles. The Hall–Kier alpha value is -2.82. The molecule has 5 nitrogen and oxygen atoms in total. The molecule has 1 aromatic carbocycles. The van der Waals surface area contributed by atoms with E-state index >= 15 is 0 Å². The van der Waals surface area contributed by atoms with Crippen LogP contribution in [0.25, 0.3) is 5.69 Å². The molecule has 0 spiro atoms. The number of nitrogens with one attached hydrogen (secondary N) is 1. The fourth-order valence-electron chi connectivity index (χ4n) is 3.13. The van der Waals surface area contributed by atoms with Crippen molar-refractivity contribution in [2.24, 2.45) is 0 Å². The van der Waals surface area contributed by atoms with Crippen molar-refractivity contribution in [3.8, 4) is 5.69 Å². The number of aryl methyl sites for hydroxylation is 1. The summed E-state index contributed by atoms with van der Waals surface area (Å²) in [6, 6.07) is 12.0. The molecule has 0 bridgehead atoms. The van der Waals surface area contributed by atoms with Crippen LogP contribution < -0.4 is 0 Å². The first kappa shape index (κ1) is 13.8. The summed E-state index contributed by atoms with van der Waals surface area (Å²) in [7, 11) is 0. The molecule has 3 aromatic rings. The number of fused-ring (bicyclic) bond motifs is 1. The van der Waals surface area contributed by atoms with Crippen LogP contribution in [0.15, 0.2) is 48.8 Å². The van der Waals surface area contributed by atoms with Crippen LogP contribution >= 0.6 is 0 Å². The Kier molecular flexibility index (Phi) is 3.26. The van der Waals surface area contributed by atoms with Crippen LogP contribution in [-0.4, -0.2) is 32.1 Å². The lowest BCUT2D eigenvalue weighted by atomic mass is 10.1. The van der Waals surface area contributed by atoms with E-state index in [0.717, 1.165) is 23.2 Å². The molecule has 0 aliphatic carbocycles. The zero-order chi connectivity index (χ0) is 15.8. The normalized spacial score (nSPS) is 13.9. The molecule has 3 heterocycles. The first-order valence-corrected chi connectivity index (χ1v) is 7.78. The molecule has 0 saturated heterocycles. The second-order valence-electron chi connectivity index (χ2n) is 5.88. The number of hydrogen-bond acceptors (Lipinski definition) is 2. The number of benzene rings is 1. The lowest BCUT2D eigenvalue weighted by Crippen LogP contribution is -2.36. The number of carbonyl (C=O) groups is 1. The van der Waals surface area contributed by atoms with E-state index in [1.54, 1.807) is 0 Å². The number of amides is 1. The Morgan fingerprint density at radius 1 is 1.22 bits per heavy atom. The average Bonchev–Trinajstić information content (AvgIpc) is 3.20. The van der Waals surface area contributed by atoms with Crippen molar-refractivity contribution < 1.29 is 4.79 Å². The third kappa shape index (κ3) is 2.34. The summed E-state index contributed by atoms with van der Waals surface area (Å²) in [5.41, 5.74) is 5.06. The highest BCUT2D eigenvalue weighted by Gasteiger charge is 2.26. The average molecular weight is 306 g/mol. The van der Waals surface area contributed by atoms with Crippen LogP contribution in [-0.2, 0) is 13.0 Å². The van der Waals surface area contributed by atoms with Gasteiger partial charge in [0, 0.05) is 31.3 Å². The Labute approximate surface area is 134 Å². The fourth-order valence-corrected chi connectivity index (χ4v) is 3.13. The molecular formula is C18H18N4O. The third-order valence-corrected chi connectivity index (χ3v) is 4.39. The van der Waals surface area contributed by atoms with Gasteiger partial charge in [-0.2, -0.15) is 5.10 Å². The van der Waals surface area contributed by atoms with Crippen molar-refractivity contribution in [2.45, 2.75) is 19.9 Å². The van der Waals surface area contributed by atoms with Gasteiger partial charge in [-0.25, -0.2) is 4.68 Å². The van der Waals surface area contributed by atoms with Crippen LogP contribution in [0.3, 0.4) is 0 Å². The minimum Gasteiger partial charge on any atom is -0.357 e. The lowest BCUT2D eigenvalue weighted by Gasteiger charge is -2.27. The molecular weight excluding hydrogens is 288 g/mol. The lowest BCUT2D eigenvalue weighted by molar-refractivity contribution is 0.0728. The molecule has 1 aliphatic heterocycles. The van der Waals surface area contributed by atoms with Crippen molar-refractivity contribution in [1.82, 2.24) is 19.7 Å². The number of rotatable bonds is 2. The van der Waals surface area contributed by atoms with Gasteiger partial charge in [0.25, 0.3) is 5.91 Å². The van der Waals surface area contributed by atoms with E-state index in [-0.39, 0.29) is 5.91 Å². The summed E-state index contributed by atoms with van der Waals surface area (Å²) in [5.74, 6) is 0.0608. The van der Waals surface area contributed by atoms with Gasteiger partial charge in [0.1, 0.15) is 5.69 Å². The van der Waals surface area contributed by atoms with Crippen molar-refractivity contribution in [1.29, 1.82) is 0 Å². The maximum absolute atomic E-state index is 12.6. The summed E-state index contributed by atoms with van der Waals surface area (Å²) >= 11 is 0. The van der Waals surface area contributed by atoms with E-state index in [4.69, 9.17) is 0 Å². The minimum absolute atomic E-state index is 0.0608. The highest BCUT2D eigenvalue weighted by atomic mass is 16.2. The van der Waals surface area contributed by atoms with Crippen LogP contribution in [0.4, 0.5) is 0 Å². The molecule has 0 unspecified atom stereocenters. The van der Waals surface area contributed by atoms with Gasteiger partial charge in [0.05, 0.1) is 17.6 Å². The van der Waals surface area contributed by atoms with Crippen LogP contribution in [0.5, 0.6) is 0 Å². The van der Waals surface area contributed by atoms with Gasteiger partial charge in [-0.3, -0.25) is 4.79 Å². The quantitative estimate of drug-likeness (QED) is 0.791. The van der Waals surface area contributed by atoms with Gasteiger partial charge in [0.15, 0.2) is 0 Å². The Morgan fingerprint density at radius 3 is 2.78 bits per heavy atom. The molecule has 23 heavy (non-hydrogen) atoms. The van der Waals surface area contributed by atoms with E-state index in [1.807, 2.05) is 65.3 Å². The predicted molar refractivity (Wildman–Crippen MR) is 87.5 cm³/mol. The summed E-state index contributed by atoms with van der Waals surface area (Å²) in [5, 5.41) is 4.51. The molecule has 1 N–H and O–H groups in total. The van der Waals surface area contributed by atoms with Gasteiger partial charge >= 0.3 is 0 Å².